The molecule has 2 heterocycles. The van der Waals surface area contributed by atoms with Crippen molar-refractivity contribution in [2.75, 3.05) is 7.11 Å². The zero-order valence-electron chi connectivity index (χ0n) is 16.3. The number of rotatable bonds is 3. The first-order valence-corrected chi connectivity index (χ1v) is 9.13. The van der Waals surface area contributed by atoms with Crippen molar-refractivity contribution < 1.29 is 13.9 Å². The van der Waals surface area contributed by atoms with Crippen molar-refractivity contribution in [1.82, 2.24) is 15.1 Å². The first-order chi connectivity index (χ1) is 13.3. The summed E-state index contributed by atoms with van der Waals surface area (Å²) in [5.41, 5.74) is 3.05. The SMILES string of the molecule is COc1ccc(-c2n[nH]c3c2C(c2cccc(F)c2)N(C(C)(C)C)C3=O)cc1. The Morgan fingerprint density at radius 3 is 2.46 bits per heavy atom. The lowest BCUT2D eigenvalue weighted by molar-refractivity contribution is 0.0545. The molecule has 1 aromatic heterocycles. The van der Waals surface area contributed by atoms with Crippen LogP contribution in [0.5, 0.6) is 5.75 Å². The van der Waals surface area contributed by atoms with Gasteiger partial charge in [0.15, 0.2) is 0 Å². The molecule has 0 saturated carbocycles. The van der Waals surface area contributed by atoms with Crippen LogP contribution in [0.3, 0.4) is 0 Å². The van der Waals surface area contributed by atoms with E-state index in [1.807, 2.05) is 51.1 Å². The Morgan fingerprint density at radius 1 is 1.14 bits per heavy atom. The number of hydrogen-bond donors (Lipinski definition) is 1. The Bertz CT molecular complexity index is 1030. The first kappa shape index (κ1) is 18.2. The van der Waals surface area contributed by atoms with Crippen molar-refractivity contribution in [3.05, 3.63) is 71.2 Å². The van der Waals surface area contributed by atoms with Gasteiger partial charge in [-0.2, -0.15) is 5.10 Å². The van der Waals surface area contributed by atoms with E-state index < -0.39 is 11.6 Å². The van der Waals surface area contributed by atoms with Crippen LogP contribution in [0.1, 0.15) is 48.4 Å². The summed E-state index contributed by atoms with van der Waals surface area (Å²) in [7, 11) is 1.61. The van der Waals surface area contributed by atoms with Gasteiger partial charge in [-0.3, -0.25) is 9.89 Å². The average Bonchev–Trinajstić information content (AvgIpc) is 3.20. The van der Waals surface area contributed by atoms with Gasteiger partial charge in [0.05, 0.1) is 18.8 Å². The molecule has 0 bridgehead atoms. The molecule has 1 amide bonds. The van der Waals surface area contributed by atoms with Crippen LogP contribution in [0.25, 0.3) is 11.3 Å². The second-order valence-electron chi connectivity index (χ2n) is 7.89. The van der Waals surface area contributed by atoms with Crippen molar-refractivity contribution in [3.8, 4) is 17.0 Å². The molecular weight excluding hydrogens is 357 g/mol. The average molecular weight is 379 g/mol. The molecule has 1 aliphatic heterocycles. The molecule has 0 radical (unpaired) electrons. The van der Waals surface area contributed by atoms with E-state index in [1.54, 1.807) is 18.1 Å². The molecule has 0 fully saturated rings. The highest BCUT2D eigenvalue weighted by Gasteiger charge is 2.46. The topological polar surface area (TPSA) is 58.2 Å². The molecule has 6 heteroatoms. The smallest absolute Gasteiger partial charge is 0.273 e. The van der Waals surface area contributed by atoms with Crippen LogP contribution in [-0.4, -0.2) is 33.7 Å². The molecule has 0 saturated heterocycles. The van der Waals surface area contributed by atoms with Gasteiger partial charge in [-0.05, 0) is 62.7 Å². The predicted molar refractivity (Wildman–Crippen MR) is 105 cm³/mol. The Hall–Kier alpha value is -3.15. The van der Waals surface area contributed by atoms with Gasteiger partial charge in [-0.1, -0.05) is 12.1 Å². The number of nitrogens with zero attached hydrogens (tertiary/aromatic N) is 2. The number of amides is 1. The fourth-order valence-electron chi connectivity index (χ4n) is 3.80. The van der Waals surface area contributed by atoms with Crippen LogP contribution in [0.15, 0.2) is 48.5 Å². The lowest BCUT2D eigenvalue weighted by Crippen LogP contribution is -2.44. The maximum atomic E-state index is 14.0. The fraction of sp³-hybridized carbons (Fsp3) is 0.273. The Morgan fingerprint density at radius 2 is 1.86 bits per heavy atom. The molecule has 2 aromatic carbocycles. The monoisotopic (exact) mass is 379 g/mol. The van der Waals surface area contributed by atoms with E-state index in [9.17, 15) is 9.18 Å². The van der Waals surface area contributed by atoms with Crippen molar-refractivity contribution in [3.63, 3.8) is 0 Å². The summed E-state index contributed by atoms with van der Waals surface area (Å²) < 4.78 is 19.2. The number of hydrogen-bond acceptors (Lipinski definition) is 3. The molecule has 144 valence electrons. The zero-order valence-corrected chi connectivity index (χ0v) is 16.3. The van der Waals surface area contributed by atoms with Gasteiger partial charge in [0.2, 0.25) is 0 Å². The minimum atomic E-state index is -0.453. The molecule has 1 aliphatic rings. The number of benzene rings is 2. The molecule has 3 aromatic rings. The number of carbonyl (C=O) groups is 1. The molecule has 0 aliphatic carbocycles. The highest BCUT2D eigenvalue weighted by molar-refractivity contribution is 6.00. The number of carbonyl (C=O) groups excluding carboxylic acids is 1. The maximum Gasteiger partial charge on any atom is 0.273 e. The molecule has 1 unspecified atom stereocenters. The van der Waals surface area contributed by atoms with Gasteiger partial charge in [0.25, 0.3) is 5.91 Å². The number of H-pyrrole nitrogens is 1. The van der Waals surface area contributed by atoms with Gasteiger partial charge in [0, 0.05) is 16.7 Å². The van der Waals surface area contributed by atoms with E-state index >= 15 is 0 Å². The van der Waals surface area contributed by atoms with E-state index in [1.165, 1.54) is 12.1 Å². The number of aromatic nitrogens is 2. The first-order valence-electron chi connectivity index (χ1n) is 9.13. The zero-order chi connectivity index (χ0) is 20.1. The van der Waals surface area contributed by atoms with Gasteiger partial charge in [-0.15, -0.1) is 0 Å². The Labute approximate surface area is 163 Å². The Balaban J connectivity index is 1.91. The number of halogens is 1. The normalized spacial score (nSPS) is 16.4. The molecule has 1 N–H and O–H groups in total. The summed E-state index contributed by atoms with van der Waals surface area (Å²) in [5, 5.41) is 7.33. The molecule has 5 nitrogen and oxygen atoms in total. The van der Waals surface area contributed by atoms with E-state index in [-0.39, 0.29) is 11.7 Å². The highest BCUT2D eigenvalue weighted by atomic mass is 19.1. The van der Waals surface area contributed by atoms with Gasteiger partial charge in [0.1, 0.15) is 17.3 Å². The second kappa shape index (κ2) is 6.48. The van der Waals surface area contributed by atoms with Crippen molar-refractivity contribution in [1.29, 1.82) is 0 Å². The van der Waals surface area contributed by atoms with E-state index in [0.29, 0.717) is 11.4 Å². The minimum Gasteiger partial charge on any atom is -0.497 e. The standard InChI is InChI=1S/C22H22FN3O2/c1-22(2,3)26-20(14-6-5-7-15(23)12-14)17-18(24-25-19(17)21(26)27)13-8-10-16(28-4)11-9-13/h5-12,20H,1-4H3,(H,24,25). The molecule has 4 rings (SSSR count). The van der Waals surface area contributed by atoms with Crippen LogP contribution in [-0.2, 0) is 0 Å². The number of nitrogens with one attached hydrogen (secondary N) is 1. The van der Waals surface area contributed by atoms with Crippen molar-refractivity contribution in [2.24, 2.45) is 0 Å². The fourth-order valence-corrected chi connectivity index (χ4v) is 3.80. The van der Waals surface area contributed by atoms with E-state index in [4.69, 9.17) is 4.74 Å². The lowest BCUT2D eigenvalue weighted by Gasteiger charge is -2.37. The number of fused-ring (bicyclic) bond motifs is 1. The summed E-state index contributed by atoms with van der Waals surface area (Å²) in [6.07, 6.45) is 0. The molecule has 1 atom stereocenters. The second-order valence-corrected chi connectivity index (χ2v) is 7.89. The number of methoxy groups -OCH3 is 1. The molecule has 28 heavy (non-hydrogen) atoms. The summed E-state index contributed by atoms with van der Waals surface area (Å²) >= 11 is 0. The Kier molecular flexibility index (Phi) is 4.22. The van der Waals surface area contributed by atoms with Crippen LogP contribution < -0.4 is 4.74 Å². The summed E-state index contributed by atoms with van der Waals surface area (Å²) in [6, 6.07) is 13.5. The third-order valence-corrected chi connectivity index (χ3v) is 5.02. The van der Waals surface area contributed by atoms with Crippen LogP contribution in [0, 0.1) is 5.82 Å². The van der Waals surface area contributed by atoms with Gasteiger partial charge < -0.3 is 9.64 Å². The van der Waals surface area contributed by atoms with Crippen molar-refractivity contribution in [2.45, 2.75) is 32.4 Å². The van der Waals surface area contributed by atoms with Gasteiger partial charge >= 0.3 is 0 Å². The number of ether oxygens (including phenoxy) is 1. The van der Waals surface area contributed by atoms with Crippen LogP contribution >= 0.6 is 0 Å². The summed E-state index contributed by atoms with van der Waals surface area (Å²) in [6.45, 7) is 5.93. The predicted octanol–water partition coefficient (Wildman–Crippen LogP) is 4.57. The maximum absolute atomic E-state index is 14.0. The van der Waals surface area contributed by atoms with Crippen LogP contribution in [0.4, 0.5) is 4.39 Å². The highest BCUT2D eigenvalue weighted by Crippen LogP contribution is 2.46. The molecule has 0 spiro atoms. The van der Waals surface area contributed by atoms with Crippen molar-refractivity contribution >= 4 is 5.91 Å². The minimum absolute atomic E-state index is 0.135. The quantitative estimate of drug-likeness (QED) is 0.725. The van der Waals surface area contributed by atoms with Crippen LogP contribution in [0.2, 0.25) is 0 Å². The molecular formula is C22H22FN3O2. The van der Waals surface area contributed by atoms with E-state index in [0.717, 1.165) is 22.4 Å². The third-order valence-electron chi connectivity index (χ3n) is 5.02. The van der Waals surface area contributed by atoms with Gasteiger partial charge in [-0.25, -0.2) is 4.39 Å². The summed E-state index contributed by atoms with van der Waals surface area (Å²) in [5.74, 6) is 0.274. The lowest BCUT2D eigenvalue weighted by atomic mass is 9.93. The number of aromatic amines is 1. The summed E-state index contributed by atoms with van der Waals surface area (Å²) in [4.78, 5) is 15.0. The third kappa shape index (κ3) is 2.85. The largest absolute Gasteiger partial charge is 0.497 e. The van der Waals surface area contributed by atoms with E-state index in [2.05, 4.69) is 10.2 Å².